The lowest BCUT2D eigenvalue weighted by atomic mass is 10.0. The van der Waals surface area contributed by atoms with Crippen LogP contribution in [0, 0.1) is 0 Å². The van der Waals surface area contributed by atoms with Crippen LogP contribution in [0.25, 0.3) is 11.4 Å². The van der Waals surface area contributed by atoms with Gasteiger partial charge in [-0.1, -0.05) is 30.3 Å². The molecule has 0 spiro atoms. The van der Waals surface area contributed by atoms with Gasteiger partial charge in [-0.3, -0.25) is 14.3 Å². The number of ketones is 1. The second kappa shape index (κ2) is 8.24. The number of carboxylic acids is 1. The maximum absolute atomic E-state index is 13.1. The predicted molar refractivity (Wildman–Crippen MR) is 106 cm³/mol. The summed E-state index contributed by atoms with van der Waals surface area (Å²) in [4.78, 5) is 44.7. The molecule has 2 heterocycles. The summed E-state index contributed by atoms with van der Waals surface area (Å²) in [6.07, 6.45) is 6.54. The summed E-state index contributed by atoms with van der Waals surface area (Å²) in [6.45, 7) is 0. The summed E-state index contributed by atoms with van der Waals surface area (Å²) in [5.41, 5.74) is 1.81. The second-order valence-corrected chi connectivity index (χ2v) is 7.08. The first-order valence-electron chi connectivity index (χ1n) is 9.50. The van der Waals surface area contributed by atoms with E-state index in [9.17, 15) is 19.5 Å². The summed E-state index contributed by atoms with van der Waals surface area (Å²) in [5.74, 6) is -3.25. The van der Waals surface area contributed by atoms with Crippen LogP contribution in [0.4, 0.5) is 0 Å². The molecule has 1 aliphatic rings. The molecule has 9 nitrogen and oxygen atoms in total. The Balaban J connectivity index is 1.63. The quantitative estimate of drug-likeness (QED) is 0.546. The van der Waals surface area contributed by atoms with Crippen LogP contribution in [-0.2, 0) is 16.0 Å². The summed E-state index contributed by atoms with van der Waals surface area (Å²) < 4.78 is 1.72. The molecule has 0 bridgehead atoms. The number of carbonyl (C=O) groups is 3. The number of aromatic nitrogens is 4. The monoisotopic (exact) mass is 405 g/mol. The number of Topliss-reactive ketones (excluding diaryl/α,β-unsaturated/α-hetero) is 1. The Labute approximate surface area is 171 Å². The minimum Gasteiger partial charge on any atom is -0.475 e. The molecule has 2 aromatic heterocycles. The van der Waals surface area contributed by atoms with Gasteiger partial charge in [0.2, 0.25) is 0 Å². The Hall–Kier alpha value is -3.88. The summed E-state index contributed by atoms with van der Waals surface area (Å²) in [6, 6.07) is 9.58. The van der Waals surface area contributed by atoms with Crippen molar-refractivity contribution in [1.82, 2.24) is 25.1 Å². The van der Waals surface area contributed by atoms with E-state index in [1.165, 1.54) is 6.33 Å². The van der Waals surface area contributed by atoms with Crippen molar-refractivity contribution in [3.63, 3.8) is 0 Å². The van der Waals surface area contributed by atoms with Gasteiger partial charge in [0.15, 0.2) is 0 Å². The molecule has 0 saturated heterocycles. The largest absolute Gasteiger partial charge is 0.475 e. The van der Waals surface area contributed by atoms with Crippen LogP contribution in [0.5, 0.6) is 0 Å². The minimum absolute atomic E-state index is 0.0668. The standard InChI is InChI=1S/C21H19N5O4/c27-19(21(29)30)17(10-13-4-2-1-3-5-13)24-20(28)15-11-26(14-6-7-14)25-18(15)16-8-9-22-12-23-16/h1-5,8-9,11-12,14,17H,6-7,10H2,(H,24,28)(H,29,30). The van der Waals surface area contributed by atoms with Gasteiger partial charge in [-0.05, 0) is 24.5 Å². The van der Waals surface area contributed by atoms with Crippen LogP contribution >= 0.6 is 0 Å². The van der Waals surface area contributed by atoms with E-state index in [2.05, 4.69) is 20.4 Å². The number of carbonyl (C=O) groups excluding carboxylic acids is 2. The maximum atomic E-state index is 13.1. The number of carboxylic acid groups (broad SMARTS) is 1. The molecule has 30 heavy (non-hydrogen) atoms. The molecule has 0 radical (unpaired) electrons. The van der Waals surface area contributed by atoms with Crippen molar-refractivity contribution in [3.8, 4) is 11.4 Å². The molecule has 4 rings (SSSR count). The molecule has 1 atom stereocenters. The third-order valence-electron chi connectivity index (χ3n) is 4.84. The fraction of sp³-hybridized carbons (Fsp3) is 0.238. The molecule has 1 fully saturated rings. The van der Waals surface area contributed by atoms with E-state index in [0.717, 1.165) is 18.4 Å². The van der Waals surface area contributed by atoms with Gasteiger partial charge in [0.25, 0.3) is 11.7 Å². The highest BCUT2D eigenvalue weighted by Gasteiger charge is 2.31. The van der Waals surface area contributed by atoms with Crippen LogP contribution in [0.15, 0.2) is 55.1 Å². The van der Waals surface area contributed by atoms with Gasteiger partial charge in [0.1, 0.15) is 18.1 Å². The van der Waals surface area contributed by atoms with Gasteiger partial charge in [0, 0.05) is 18.8 Å². The zero-order valence-electron chi connectivity index (χ0n) is 15.9. The lowest BCUT2D eigenvalue weighted by Crippen LogP contribution is -2.45. The number of aliphatic carboxylic acids is 1. The molecule has 1 saturated carbocycles. The number of amides is 1. The number of benzene rings is 1. The Morgan fingerprint density at radius 3 is 2.57 bits per heavy atom. The van der Waals surface area contributed by atoms with Gasteiger partial charge >= 0.3 is 5.97 Å². The van der Waals surface area contributed by atoms with Crippen LogP contribution in [0.2, 0.25) is 0 Å². The van der Waals surface area contributed by atoms with E-state index in [0.29, 0.717) is 11.4 Å². The number of rotatable bonds is 8. The van der Waals surface area contributed by atoms with Crippen LogP contribution in [0.1, 0.15) is 34.8 Å². The van der Waals surface area contributed by atoms with Crippen molar-refractivity contribution < 1.29 is 19.5 Å². The predicted octanol–water partition coefficient (Wildman–Crippen LogP) is 1.67. The third kappa shape index (κ3) is 4.24. The zero-order chi connectivity index (χ0) is 21.1. The number of nitrogens with zero attached hydrogens (tertiary/aromatic N) is 4. The van der Waals surface area contributed by atoms with E-state index in [1.807, 2.05) is 6.07 Å². The van der Waals surface area contributed by atoms with Gasteiger partial charge in [-0.2, -0.15) is 5.10 Å². The van der Waals surface area contributed by atoms with Crippen molar-refractivity contribution >= 4 is 17.7 Å². The molecule has 9 heteroatoms. The highest BCUT2D eigenvalue weighted by atomic mass is 16.4. The van der Waals surface area contributed by atoms with Gasteiger partial charge in [-0.15, -0.1) is 0 Å². The van der Waals surface area contributed by atoms with Gasteiger partial charge in [0.05, 0.1) is 17.3 Å². The molecular weight excluding hydrogens is 386 g/mol. The minimum atomic E-state index is -1.60. The van der Waals surface area contributed by atoms with Crippen LogP contribution < -0.4 is 5.32 Å². The fourth-order valence-corrected chi connectivity index (χ4v) is 3.15. The average Bonchev–Trinajstić information content (AvgIpc) is 3.52. The van der Waals surface area contributed by atoms with E-state index in [1.54, 1.807) is 47.4 Å². The molecular formula is C21H19N5O4. The first-order valence-corrected chi connectivity index (χ1v) is 9.50. The summed E-state index contributed by atoms with van der Waals surface area (Å²) in [7, 11) is 0. The summed E-state index contributed by atoms with van der Waals surface area (Å²) in [5, 5.41) is 16.3. The van der Waals surface area contributed by atoms with Gasteiger partial charge < -0.3 is 10.4 Å². The Morgan fingerprint density at radius 2 is 1.93 bits per heavy atom. The highest BCUT2D eigenvalue weighted by molar-refractivity contribution is 6.35. The lowest BCUT2D eigenvalue weighted by molar-refractivity contribution is -0.149. The number of nitrogens with one attached hydrogen (secondary N) is 1. The molecule has 1 aromatic carbocycles. The first kappa shape index (κ1) is 19.4. The Morgan fingerprint density at radius 1 is 1.17 bits per heavy atom. The molecule has 3 aromatic rings. The van der Waals surface area contributed by atoms with Crippen LogP contribution in [-0.4, -0.2) is 48.6 Å². The fourth-order valence-electron chi connectivity index (χ4n) is 3.15. The van der Waals surface area contributed by atoms with Crippen molar-refractivity contribution in [2.75, 3.05) is 0 Å². The average molecular weight is 405 g/mol. The topological polar surface area (TPSA) is 127 Å². The van der Waals surface area contributed by atoms with Crippen molar-refractivity contribution in [1.29, 1.82) is 0 Å². The summed E-state index contributed by atoms with van der Waals surface area (Å²) >= 11 is 0. The molecule has 1 aliphatic carbocycles. The van der Waals surface area contributed by atoms with E-state index >= 15 is 0 Å². The van der Waals surface area contributed by atoms with Crippen molar-refractivity contribution in [2.45, 2.75) is 31.3 Å². The van der Waals surface area contributed by atoms with E-state index < -0.39 is 23.7 Å². The normalized spacial score (nSPS) is 14.1. The highest BCUT2D eigenvalue weighted by Crippen LogP contribution is 2.35. The molecule has 152 valence electrons. The number of hydrogen-bond acceptors (Lipinski definition) is 6. The zero-order valence-corrected chi connectivity index (χ0v) is 15.9. The Bertz CT molecular complexity index is 1080. The maximum Gasteiger partial charge on any atom is 0.374 e. The van der Waals surface area contributed by atoms with Crippen molar-refractivity contribution in [2.24, 2.45) is 0 Å². The lowest BCUT2D eigenvalue weighted by Gasteiger charge is -2.16. The van der Waals surface area contributed by atoms with Gasteiger partial charge in [-0.25, -0.2) is 14.8 Å². The second-order valence-electron chi connectivity index (χ2n) is 7.08. The molecule has 1 unspecified atom stereocenters. The smallest absolute Gasteiger partial charge is 0.374 e. The SMILES string of the molecule is O=C(O)C(=O)C(Cc1ccccc1)NC(=O)c1cn(C2CC2)nc1-c1ccncn1. The Kier molecular flexibility index (Phi) is 5.34. The molecule has 0 aliphatic heterocycles. The van der Waals surface area contributed by atoms with Crippen molar-refractivity contribution in [3.05, 3.63) is 66.2 Å². The first-order chi connectivity index (χ1) is 14.5. The molecule has 2 N–H and O–H groups in total. The van der Waals surface area contributed by atoms with Crippen LogP contribution in [0.3, 0.4) is 0 Å². The number of hydrogen-bond donors (Lipinski definition) is 2. The third-order valence-corrected chi connectivity index (χ3v) is 4.84. The van der Waals surface area contributed by atoms with E-state index in [4.69, 9.17) is 0 Å². The molecule has 1 amide bonds. The van der Waals surface area contributed by atoms with E-state index in [-0.39, 0.29) is 18.0 Å².